The molecule has 1 radical (unpaired) electrons. The number of fused-ring (bicyclic) bond motifs is 2. The van der Waals surface area contributed by atoms with E-state index in [4.69, 9.17) is 0 Å². The van der Waals surface area contributed by atoms with Gasteiger partial charge in [-0.1, -0.05) is 6.07 Å². The van der Waals surface area contributed by atoms with Crippen LogP contribution in [-0.2, 0) is 16.8 Å². The van der Waals surface area contributed by atoms with Crippen molar-refractivity contribution >= 4 is 11.4 Å². The SMILES string of the molecule is CC1=NCCNCCN=C(C)c2cccc1n2.[Br-].[Br-].[Co+2]. The van der Waals surface area contributed by atoms with Crippen LogP contribution in [0.3, 0.4) is 0 Å². The van der Waals surface area contributed by atoms with Crippen molar-refractivity contribution in [3.63, 3.8) is 0 Å². The number of rotatable bonds is 0. The van der Waals surface area contributed by atoms with Crippen LogP contribution in [0.4, 0.5) is 0 Å². The van der Waals surface area contributed by atoms with Gasteiger partial charge < -0.3 is 39.3 Å². The van der Waals surface area contributed by atoms with E-state index in [1.807, 2.05) is 32.0 Å². The molecule has 2 heterocycles. The van der Waals surface area contributed by atoms with Gasteiger partial charge in [-0.05, 0) is 26.0 Å². The minimum atomic E-state index is 0. The number of pyridine rings is 1. The third kappa shape index (κ3) is 6.58. The fraction of sp³-hybridized carbons (Fsp3) is 0.462. The van der Waals surface area contributed by atoms with E-state index in [9.17, 15) is 0 Å². The Kier molecular flexibility index (Phi) is 12.8. The second-order valence-corrected chi connectivity index (χ2v) is 4.09. The van der Waals surface area contributed by atoms with E-state index in [1.165, 1.54) is 0 Å². The number of nitrogens with one attached hydrogen (secondary N) is 1. The fourth-order valence-electron chi connectivity index (χ4n) is 1.73. The number of aromatic nitrogens is 1. The van der Waals surface area contributed by atoms with Gasteiger partial charge in [-0.3, -0.25) is 9.98 Å². The van der Waals surface area contributed by atoms with Gasteiger partial charge in [0.15, 0.2) is 0 Å². The van der Waals surface area contributed by atoms with Crippen molar-refractivity contribution in [2.24, 2.45) is 9.98 Å². The second-order valence-electron chi connectivity index (χ2n) is 4.09. The van der Waals surface area contributed by atoms with Gasteiger partial charge in [0.25, 0.3) is 0 Å². The Morgan fingerprint density at radius 1 is 0.900 bits per heavy atom. The van der Waals surface area contributed by atoms with E-state index in [0.29, 0.717) is 0 Å². The predicted molar refractivity (Wildman–Crippen MR) is 71.3 cm³/mol. The molecule has 1 N–H and O–H groups in total. The van der Waals surface area contributed by atoms with Crippen molar-refractivity contribution in [2.75, 3.05) is 26.2 Å². The molecule has 2 rings (SSSR count). The molecule has 0 atom stereocenters. The summed E-state index contributed by atoms with van der Waals surface area (Å²) in [4.78, 5) is 13.6. The second kappa shape index (κ2) is 11.6. The molecule has 0 saturated heterocycles. The van der Waals surface area contributed by atoms with Crippen LogP contribution in [0.1, 0.15) is 25.2 Å². The van der Waals surface area contributed by atoms with Gasteiger partial charge in [0.05, 0.1) is 35.9 Å². The molecule has 1 aromatic heterocycles. The third-order valence-electron chi connectivity index (χ3n) is 2.77. The summed E-state index contributed by atoms with van der Waals surface area (Å²) in [6, 6.07) is 6.00. The minimum absolute atomic E-state index is 0. The maximum atomic E-state index is 4.59. The number of halogens is 2. The van der Waals surface area contributed by atoms with Crippen molar-refractivity contribution in [1.82, 2.24) is 10.3 Å². The Balaban J connectivity index is 0. The molecule has 20 heavy (non-hydrogen) atoms. The Labute approximate surface area is 151 Å². The standard InChI is InChI=1S/C13H18N4.2BrH.Co/c1-10-12-4-3-5-13(17-12)11(2)16-9-7-14-6-8-15-10;;;/h3-5,14H,6-9H2,1-2H3;2*1H;/q;;;+2/p-2. The van der Waals surface area contributed by atoms with E-state index in [1.54, 1.807) is 0 Å². The zero-order valence-electron chi connectivity index (χ0n) is 11.5. The Morgan fingerprint density at radius 2 is 1.35 bits per heavy atom. The van der Waals surface area contributed by atoms with E-state index in [-0.39, 0.29) is 50.7 Å². The zero-order chi connectivity index (χ0) is 12.1. The minimum Gasteiger partial charge on any atom is -1.00 e. The molecule has 0 unspecified atom stereocenters. The largest absolute Gasteiger partial charge is 2.00 e. The molecular formula is C13H18Br2CoN4. The summed E-state index contributed by atoms with van der Waals surface area (Å²) in [5, 5.41) is 3.32. The van der Waals surface area contributed by atoms with Crippen molar-refractivity contribution in [3.05, 3.63) is 29.6 Å². The van der Waals surface area contributed by atoms with E-state index in [0.717, 1.165) is 49.0 Å². The molecule has 1 aromatic rings. The molecule has 0 aromatic carbocycles. The molecule has 0 spiro atoms. The number of hydrogen-bond donors (Lipinski definition) is 1. The predicted octanol–water partition coefficient (Wildman–Crippen LogP) is -4.69. The van der Waals surface area contributed by atoms with Crippen LogP contribution in [0.5, 0.6) is 0 Å². The van der Waals surface area contributed by atoms with Gasteiger partial charge in [0, 0.05) is 13.1 Å². The molecule has 2 bridgehead atoms. The number of nitrogens with zero attached hydrogens (tertiary/aromatic N) is 3. The molecule has 0 fully saturated rings. The van der Waals surface area contributed by atoms with Gasteiger partial charge in [-0.2, -0.15) is 0 Å². The Morgan fingerprint density at radius 3 is 1.80 bits per heavy atom. The smallest absolute Gasteiger partial charge is 1.00 e. The summed E-state index contributed by atoms with van der Waals surface area (Å²) in [5.74, 6) is 0. The van der Waals surface area contributed by atoms with Gasteiger partial charge in [-0.15, -0.1) is 0 Å². The average Bonchev–Trinajstić information content (AvgIpc) is 2.36. The molecule has 1 aliphatic rings. The molecule has 0 amide bonds. The molecule has 0 saturated carbocycles. The first-order valence-electron chi connectivity index (χ1n) is 5.98. The number of aliphatic imine (C=N–C) groups is 2. The first kappa shape index (κ1) is 22.2. The third-order valence-corrected chi connectivity index (χ3v) is 2.77. The zero-order valence-corrected chi connectivity index (χ0v) is 15.7. The van der Waals surface area contributed by atoms with Gasteiger partial charge >= 0.3 is 16.8 Å². The molecule has 113 valence electrons. The maximum absolute atomic E-state index is 4.59. The van der Waals surface area contributed by atoms with Gasteiger partial charge in [0.2, 0.25) is 0 Å². The van der Waals surface area contributed by atoms with Gasteiger partial charge in [-0.25, -0.2) is 4.98 Å². The number of hydrogen-bond acceptors (Lipinski definition) is 4. The normalized spacial score (nSPS) is 14.9. The summed E-state index contributed by atoms with van der Waals surface area (Å²) >= 11 is 0. The Hall–Kier alpha value is -0.0835. The van der Waals surface area contributed by atoms with E-state index >= 15 is 0 Å². The van der Waals surface area contributed by atoms with Crippen LogP contribution in [0.15, 0.2) is 28.2 Å². The van der Waals surface area contributed by atoms with E-state index < -0.39 is 0 Å². The van der Waals surface area contributed by atoms with Crippen LogP contribution >= 0.6 is 0 Å². The topological polar surface area (TPSA) is 49.6 Å². The van der Waals surface area contributed by atoms with Crippen LogP contribution in [0.25, 0.3) is 0 Å². The maximum Gasteiger partial charge on any atom is 2.00 e. The summed E-state index contributed by atoms with van der Waals surface area (Å²) in [7, 11) is 0. The fourth-order valence-corrected chi connectivity index (χ4v) is 1.73. The summed E-state index contributed by atoms with van der Waals surface area (Å²) < 4.78 is 0. The van der Waals surface area contributed by atoms with Crippen LogP contribution < -0.4 is 39.3 Å². The quantitative estimate of drug-likeness (QED) is 0.434. The summed E-state index contributed by atoms with van der Waals surface area (Å²) in [6.07, 6.45) is 0. The molecule has 7 heteroatoms. The average molecular weight is 449 g/mol. The summed E-state index contributed by atoms with van der Waals surface area (Å²) in [5.41, 5.74) is 3.86. The first-order chi connectivity index (χ1) is 8.27. The summed E-state index contributed by atoms with van der Waals surface area (Å²) in [6.45, 7) is 7.38. The van der Waals surface area contributed by atoms with E-state index in [2.05, 4.69) is 20.3 Å². The molecule has 0 aliphatic carbocycles. The Bertz CT molecular complexity index is 426. The van der Waals surface area contributed by atoms with Crippen LogP contribution in [-0.4, -0.2) is 42.6 Å². The van der Waals surface area contributed by atoms with Crippen molar-refractivity contribution in [3.8, 4) is 0 Å². The molecule has 1 aliphatic heterocycles. The van der Waals surface area contributed by atoms with Crippen molar-refractivity contribution in [1.29, 1.82) is 0 Å². The molecular weight excluding hydrogens is 431 g/mol. The van der Waals surface area contributed by atoms with Crippen molar-refractivity contribution < 1.29 is 50.7 Å². The van der Waals surface area contributed by atoms with Crippen molar-refractivity contribution in [2.45, 2.75) is 13.8 Å². The van der Waals surface area contributed by atoms with Gasteiger partial charge in [0.1, 0.15) is 0 Å². The first-order valence-corrected chi connectivity index (χ1v) is 5.98. The van der Waals surface area contributed by atoms with Crippen LogP contribution in [0.2, 0.25) is 0 Å². The van der Waals surface area contributed by atoms with Crippen LogP contribution in [0, 0.1) is 0 Å². The monoisotopic (exact) mass is 447 g/mol. The molecule has 4 nitrogen and oxygen atoms in total.